The Morgan fingerprint density at radius 2 is 0.866 bits per heavy atom. The Morgan fingerprint density at radius 1 is 0.464 bits per heavy atom. The van der Waals surface area contributed by atoms with Crippen molar-refractivity contribution in [3.05, 3.63) is 242 Å². The van der Waals surface area contributed by atoms with E-state index in [2.05, 4.69) is 109 Å². The number of para-hydroxylation sites is 2. The molecule has 25 heteroatoms. The van der Waals surface area contributed by atoms with E-state index in [1.807, 2.05) is 125 Å². The highest BCUT2D eigenvalue weighted by atomic mass is 35.5. The van der Waals surface area contributed by atoms with Crippen LogP contribution in [-0.4, -0.2) is 100 Å². The van der Waals surface area contributed by atoms with Crippen molar-refractivity contribution in [2.45, 2.75) is 91.6 Å². The number of hydrogen-bond acceptors (Lipinski definition) is 24. The van der Waals surface area contributed by atoms with Crippen LogP contribution < -0.4 is 40.1 Å². The third kappa shape index (κ3) is 17.1. The number of ether oxygens (including phenoxy) is 2. The van der Waals surface area contributed by atoms with Crippen LogP contribution in [0.2, 0.25) is 5.15 Å². The fraction of sp³-hybridized carbons (Fsp3) is 0.278. The summed E-state index contributed by atoms with van der Waals surface area (Å²) in [6.45, 7) is 14.2. The van der Waals surface area contributed by atoms with Crippen LogP contribution in [0.5, 0.6) is 12.0 Å². The van der Waals surface area contributed by atoms with E-state index in [0.717, 1.165) is 172 Å². The van der Waals surface area contributed by atoms with E-state index in [4.69, 9.17) is 37.3 Å². The third-order valence-corrected chi connectivity index (χ3v) is 17.0. The van der Waals surface area contributed by atoms with Gasteiger partial charge < -0.3 is 40.1 Å². The van der Waals surface area contributed by atoms with Crippen LogP contribution in [-0.2, 0) is 51.9 Å². The summed E-state index contributed by atoms with van der Waals surface area (Å²) in [4.78, 5) is 59.0. The number of nitrogens with one attached hydrogen (secondary N) is 1. The Hall–Kier alpha value is -11.8. The summed E-state index contributed by atoms with van der Waals surface area (Å²) in [6.07, 6.45) is 20.3. The smallest absolute Gasteiger partial charge is 0.316 e. The topological polar surface area (TPSA) is 319 Å². The molecule has 4 aliphatic heterocycles. The van der Waals surface area contributed by atoms with E-state index in [-0.39, 0.29) is 12.1 Å². The third-order valence-electron chi connectivity index (χ3n) is 16.7. The second kappa shape index (κ2) is 32.8. The van der Waals surface area contributed by atoms with Crippen LogP contribution in [0.25, 0.3) is 0 Å². The van der Waals surface area contributed by atoms with Crippen LogP contribution in [0.4, 0.5) is 28.6 Å². The van der Waals surface area contributed by atoms with E-state index in [1.165, 1.54) is 13.4 Å². The molecule has 0 spiro atoms. The number of halogens is 1. The SMILES string of the molecule is COc1ncc([C@@H](C)N)cn1.COc1ncc([C@@H](C)Nc2ncnc3c2CN(c2ccc(C)cc2C#N)CC3)cn1.Cc1ccc(N2CCc3ncnc(Cl)c3C2)c(C#N)c1.N#Cc1ccccc1N1CCc2ncncc2C1.N#Cc1ccccc1N1CCc2ncncc2C1. The fourth-order valence-electron chi connectivity index (χ4n) is 11.5. The van der Waals surface area contributed by atoms with Gasteiger partial charge in [0.15, 0.2) is 0 Å². The molecule has 0 aliphatic carbocycles. The molecular weight excluding hydrogens is 1240 g/mol. The number of aromatic nitrogens is 12. The number of rotatable bonds is 10. The van der Waals surface area contributed by atoms with Crippen molar-refractivity contribution in [3.63, 3.8) is 0 Å². The lowest BCUT2D eigenvalue weighted by atomic mass is 10.0. The lowest BCUT2D eigenvalue weighted by molar-refractivity contribution is 0.379. The highest BCUT2D eigenvalue weighted by molar-refractivity contribution is 6.30. The molecule has 0 radical (unpaired) electrons. The standard InChI is InChI=1S/C22H23N7O.C15H13ClN4.2C14H12N4.C7H11N3O/c1-14-4-5-20(16(8-14)9-23)29-7-6-19-18(12-29)21(27-13-26-19)28-15(2)17-10-24-22(30-3)25-11-17;1-10-2-3-14(11(6-10)7-17)20-5-4-13-12(8-20)15(16)19-9-18-13;2*15-7-11-3-1-2-4-14(11)18-6-5-13-12(9-18)8-16-10-17-13;1-5(8)6-3-9-7(11-2)10-4-6/h4-5,8,10-11,13,15H,6-7,12H2,1-3H3,(H,26,27,28);2-3,6,9H,4-5,8H2,1H3;2*1-4,8,10H,5-6,9H2;3-5H,8H2,1-2H3/t15-;;;;5-/m1...1/s1. The van der Waals surface area contributed by atoms with Gasteiger partial charge in [0.05, 0.1) is 88.0 Å². The molecule has 4 aliphatic rings. The molecule has 0 saturated carbocycles. The molecule has 14 rings (SSSR count). The normalized spacial score (nSPS) is 13.7. The molecule has 4 aromatic carbocycles. The average molecular weight is 1310 g/mol. The van der Waals surface area contributed by atoms with Crippen LogP contribution in [0.1, 0.15) is 115 Å². The minimum atomic E-state index is -0.0423. The summed E-state index contributed by atoms with van der Waals surface area (Å²) in [5, 5.41) is 41.1. The average Bonchev–Trinajstić information content (AvgIpc) is 0.851. The van der Waals surface area contributed by atoms with Gasteiger partial charge in [0, 0.05) is 155 Å². The minimum absolute atomic E-state index is 0.0269. The van der Waals surface area contributed by atoms with Crippen molar-refractivity contribution < 1.29 is 9.47 Å². The predicted octanol–water partition coefficient (Wildman–Crippen LogP) is 10.4. The monoisotopic (exact) mass is 1310 g/mol. The molecule has 0 fully saturated rings. The second-order valence-corrected chi connectivity index (χ2v) is 23.5. The van der Waals surface area contributed by atoms with Gasteiger partial charge in [-0.25, -0.2) is 59.8 Å². The number of hydrogen-bond donors (Lipinski definition) is 2. The first-order valence-electron chi connectivity index (χ1n) is 31.4. The quantitative estimate of drug-likeness (QED) is 0.120. The summed E-state index contributed by atoms with van der Waals surface area (Å²) >= 11 is 6.15. The molecule has 2 atom stereocenters. The summed E-state index contributed by atoms with van der Waals surface area (Å²) in [7, 11) is 3.07. The number of nitrogens with two attached hydrogens (primary N) is 1. The zero-order valence-corrected chi connectivity index (χ0v) is 55.5. The van der Waals surface area contributed by atoms with Crippen molar-refractivity contribution >= 4 is 40.2 Å². The maximum atomic E-state index is 9.57. The van der Waals surface area contributed by atoms with Crippen LogP contribution in [0, 0.1) is 59.2 Å². The maximum absolute atomic E-state index is 9.57. The Labute approximate surface area is 568 Å². The van der Waals surface area contributed by atoms with Gasteiger partial charge in [0.1, 0.15) is 60.6 Å². The lowest BCUT2D eigenvalue weighted by Crippen LogP contribution is -2.32. The van der Waals surface area contributed by atoms with E-state index >= 15 is 0 Å². The first-order chi connectivity index (χ1) is 47.3. The molecule has 488 valence electrons. The van der Waals surface area contributed by atoms with Crippen molar-refractivity contribution in [1.82, 2.24) is 59.8 Å². The van der Waals surface area contributed by atoms with Gasteiger partial charge >= 0.3 is 12.0 Å². The molecule has 3 N–H and O–H groups in total. The van der Waals surface area contributed by atoms with E-state index in [1.54, 1.807) is 50.9 Å². The number of nitriles is 4. The number of benzene rings is 4. The van der Waals surface area contributed by atoms with Crippen LogP contribution in [0.15, 0.2) is 147 Å². The van der Waals surface area contributed by atoms with Gasteiger partial charge in [-0.2, -0.15) is 21.0 Å². The van der Waals surface area contributed by atoms with Crippen LogP contribution in [0.3, 0.4) is 0 Å². The number of fused-ring (bicyclic) bond motifs is 4. The molecule has 10 aromatic rings. The molecule has 0 saturated heterocycles. The Kier molecular flexibility index (Phi) is 23.0. The lowest BCUT2D eigenvalue weighted by Gasteiger charge is -2.32. The van der Waals surface area contributed by atoms with Gasteiger partial charge in [-0.1, -0.05) is 48.0 Å². The number of methoxy groups -OCH3 is 2. The van der Waals surface area contributed by atoms with Crippen molar-refractivity contribution in [1.29, 1.82) is 21.0 Å². The molecule has 24 nitrogen and oxygen atoms in total. The summed E-state index contributed by atoms with van der Waals surface area (Å²) in [5.41, 5.74) is 24.9. The van der Waals surface area contributed by atoms with Gasteiger partial charge in [-0.15, -0.1) is 0 Å². The van der Waals surface area contributed by atoms with Gasteiger partial charge in [0.25, 0.3) is 0 Å². The first-order valence-corrected chi connectivity index (χ1v) is 31.8. The highest BCUT2D eigenvalue weighted by Crippen LogP contribution is 2.34. The molecule has 10 heterocycles. The number of nitrogens with zero attached hydrogens (tertiary/aromatic N) is 20. The zero-order valence-electron chi connectivity index (χ0n) is 54.7. The van der Waals surface area contributed by atoms with E-state index in [0.29, 0.717) is 41.4 Å². The van der Waals surface area contributed by atoms with Gasteiger partial charge in [-0.3, -0.25) is 0 Å². The maximum Gasteiger partial charge on any atom is 0.316 e. The van der Waals surface area contributed by atoms with Crippen LogP contribution >= 0.6 is 11.6 Å². The van der Waals surface area contributed by atoms with E-state index in [9.17, 15) is 10.5 Å². The molecule has 6 aromatic heterocycles. The predicted molar refractivity (Wildman–Crippen MR) is 368 cm³/mol. The van der Waals surface area contributed by atoms with Crippen molar-refractivity contribution in [2.75, 3.05) is 65.3 Å². The van der Waals surface area contributed by atoms with Gasteiger partial charge in [-0.05, 0) is 87.4 Å². The van der Waals surface area contributed by atoms with Crippen molar-refractivity contribution in [3.8, 4) is 36.3 Å². The fourth-order valence-corrected chi connectivity index (χ4v) is 11.7. The Morgan fingerprint density at radius 3 is 1.33 bits per heavy atom. The molecule has 0 amide bonds. The zero-order chi connectivity index (χ0) is 68.2. The van der Waals surface area contributed by atoms with E-state index < -0.39 is 0 Å². The summed E-state index contributed by atoms with van der Waals surface area (Å²) < 4.78 is 9.82. The summed E-state index contributed by atoms with van der Waals surface area (Å²) in [6, 6.07) is 37.0. The number of anilines is 5. The molecular formula is C72H71ClN22O2. The van der Waals surface area contributed by atoms with Crippen molar-refractivity contribution in [2.24, 2.45) is 5.73 Å². The Bertz CT molecular complexity index is 4420. The van der Waals surface area contributed by atoms with Gasteiger partial charge in [0.2, 0.25) is 0 Å². The Balaban J connectivity index is 0.000000136. The first kappa shape index (κ1) is 68.0. The minimum Gasteiger partial charge on any atom is -0.467 e. The largest absolute Gasteiger partial charge is 0.467 e. The summed E-state index contributed by atoms with van der Waals surface area (Å²) in [5.74, 6) is 0.790. The molecule has 0 bridgehead atoms. The second-order valence-electron chi connectivity index (χ2n) is 23.1. The molecule has 0 unspecified atom stereocenters. The molecule has 97 heavy (non-hydrogen) atoms. The number of aryl methyl sites for hydroxylation is 2. The highest BCUT2D eigenvalue weighted by Gasteiger charge is 2.26.